The molecule has 0 heterocycles. The third-order valence-electron chi connectivity index (χ3n) is 2.51. The van der Waals surface area contributed by atoms with Crippen LogP contribution < -0.4 is 10.1 Å². The molecule has 0 spiro atoms. The van der Waals surface area contributed by atoms with Crippen LogP contribution in [0.1, 0.15) is 26.7 Å². The molecule has 1 atom stereocenters. The Kier molecular flexibility index (Phi) is 4.75. The van der Waals surface area contributed by atoms with E-state index >= 15 is 0 Å². The molecule has 0 radical (unpaired) electrons. The summed E-state index contributed by atoms with van der Waals surface area (Å²) < 4.78 is 5.01. The molecule has 0 bridgehead atoms. The van der Waals surface area contributed by atoms with Crippen molar-refractivity contribution in [3.8, 4) is 5.75 Å². The van der Waals surface area contributed by atoms with Crippen molar-refractivity contribution in [2.45, 2.75) is 32.7 Å². The van der Waals surface area contributed by atoms with E-state index in [0.717, 1.165) is 18.5 Å². The van der Waals surface area contributed by atoms with E-state index in [0.29, 0.717) is 6.04 Å². The topological polar surface area (TPSA) is 64.4 Å². The first-order valence-corrected chi connectivity index (χ1v) is 5.67. The molecule has 1 aromatic rings. The Morgan fingerprint density at radius 3 is 2.76 bits per heavy atom. The average Bonchev–Trinajstić information content (AvgIpc) is 2.28. The van der Waals surface area contributed by atoms with Gasteiger partial charge in [0.15, 0.2) is 5.75 Å². The van der Waals surface area contributed by atoms with Crippen LogP contribution in [0.2, 0.25) is 0 Å². The van der Waals surface area contributed by atoms with Gasteiger partial charge in [0.1, 0.15) is 0 Å². The summed E-state index contributed by atoms with van der Waals surface area (Å²) in [6.07, 6.45) is 2.15. The fourth-order valence-corrected chi connectivity index (χ4v) is 1.71. The summed E-state index contributed by atoms with van der Waals surface area (Å²) >= 11 is 0. The Morgan fingerprint density at radius 1 is 1.53 bits per heavy atom. The fourth-order valence-electron chi connectivity index (χ4n) is 1.71. The molecule has 5 heteroatoms. The molecule has 1 N–H and O–H groups in total. The largest absolute Gasteiger partial charge is 0.490 e. The van der Waals surface area contributed by atoms with Crippen molar-refractivity contribution >= 4 is 11.4 Å². The quantitative estimate of drug-likeness (QED) is 0.610. The molecule has 0 fully saturated rings. The molecule has 0 amide bonds. The number of ether oxygens (including phenoxy) is 1. The molecule has 0 aliphatic carbocycles. The average molecular weight is 238 g/mol. The number of nitrogens with one attached hydrogen (secondary N) is 1. The van der Waals surface area contributed by atoms with Gasteiger partial charge in [0.05, 0.1) is 12.0 Å². The minimum atomic E-state index is -0.446. The van der Waals surface area contributed by atoms with Gasteiger partial charge in [0.2, 0.25) is 0 Å². The second kappa shape index (κ2) is 6.08. The fraction of sp³-hybridized carbons (Fsp3) is 0.500. The highest BCUT2D eigenvalue weighted by Crippen LogP contribution is 2.30. The van der Waals surface area contributed by atoms with Gasteiger partial charge in [-0.15, -0.1) is 0 Å². The Labute approximate surface area is 101 Å². The van der Waals surface area contributed by atoms with E-state index in [2.05, 4.69) is 19.2 Å². The Bertz CT molecular complexity index is 393. The molecular formula is C12H18N2O3. The molecule has 0 aromatic heterocycles. The van der Waals surface area contributed by atoms with Crippen LogP contribution in [0, 0.1) is 10.1 Å². The van der Waals surface area contributed by atoms with Gasteiger partial charge in [0, 0.05) is 23.9 Å². The van der Waals surface area contributed by atoms with Gasteiger partial charge in [-0.05, 0) is 19.4 Å². The molecule has 5 nitrogen and oxygen atoms in total. The number of nitro groups is 1. The molecule has 1 aromatic carbocycles. The second-order valence-corrected chi connectivity index (χ2v) is 3.98. The third kappa shape index (κ3) is 3.62. The lowest BCUT2D eigenvalue weighted by atomic mass is 10.2. The number of rotatable bonds is 6. The normalized spacial score (nSPS) is 11.9. The van der Waals surface area contributed by atoms with Crippen LogP contribution in [0.15, 0.2) is 18.2 Å². The van der Waals surface area contributed by atoms with E-state index in [1.54, 1.807) is 12.1 Å². The number of nitrogens with zero attached hydrogens (tertiary/aromatic N) is 1. The molecule has 0 saturated carbocycles. The summed E-state index contributed by atoms with van der Waals surface area (Å²) in [7, 11) is 1.43. The number of hydrogen-bond donors (Lipinski definition) is 1. The molecular weight excluding hydrogens is 220 g/mol. The number of hydrogen-bond acceptors (Lipinski definition) is 4. The lowest BCUT2D eigenvalue weighted by molar-refractivity contribution is -0.385. The lowest BCUT2D eigenvalue weighted by Gasteiger charge is -2.14. The molecule has 1 rings (SSSR count). The number of benzene rings is 1. The smallest absolute Gasteiger partial charge is 0.311 e. The van der Waals surface area contributed by atoms with Crippen LogP contribution in [0.25, 0.3) is 0 Å². The van der Waals surface area contributed by atoms with Crippen LogP contribution in [-0.4, -0.2) is 18.1 Å². The minimum absolute atomic E-state index is 0.0128. The Balaban J connectivity index is 2.86. The van der Waals surface area contributed by atoms with Crippen LogP contribution >= 0.6 is 0 Å². The summed E-state index contributed by atoms with van der Waals surface area (Å²) in [6.45, 7) is 4.20. The van der Waals surface area contributed by atoms with E-state index in [-0.39, 0.29) is 11.4 Å². The minimum Gasteiger partial charge on any atom is -0.490 e. The van der Waals surface area contributed by atoms with Gasteiger partial charge >= 0.3 is 5.69 Å². The molecule has 94 valence electrons. The standard InChI is InChI=1S/C12H18N2O3/c1-4-5-9(2)13-10-6-7-11(14(15)16)12(8-10)17-3/h6-9,13H,4-5H2,1-3H3. The summed E-state index contributed by atoms with van der Waals surface area (Å²) in [4.78, 5) is 10.3. The van der Waals surface area contributed by atoms with Crippen molar-refractivity contribution in [2.75, 3.05) is 12.4 Å². The molecule has 0 aliphatic rings. The van der Waals surface area contributed by atoms with Crippen molar-refractivity contribution in [1.29, 1.82) is 0 Å². The Hall–Kier alpha value is -1.78. The summed E-state index contributed by atoms with van der Waals surface area (Å²) in [5.41, 5.74) is 0.828. The number of methoxy groups -OCH3 is 1. The van der Waals surface area contributed by atoms with Crippen molar-refractivity contribution in [3.05, 3.63) is 28.3 Å². The van der Waals surface area contributed by atoms with Gasteiger partial charge in [-0.2, -0.15) is 0 Å². The number of nitro benzene ring substituents is 1. The maximum absolute atomic E-state index is 10.7. The zero-order valence-electron chi connectivity index (χ0n) is 10.4. The van der Waals surface area contributed by atoms with E-state index in [4.69, 9.17) is 4.74 Å². The predicted molar refractivity (Wildman–Crippen MR) is 67.6 cm³/mol. The van der Waals surface area contributed by atoms with Crippen molar-refractivity contribution in [3.63, 3.8) is 0 Å². The van der Waals surface area contributed by atoms with Gasteiger partial charge in [0.25, 0.3) is 0 Å². The van der Waals surface area contributed by atoms with E-state index in [1.807, 2.05) is 0 Å². The zero-order valence-corrected chi connectivity index (χ0v) is 10.4. The van der Waals surface area contributed by atoms with E-state index in [9.17, 15) is 10.1 Å². The van der Waals surface area contributed by atoms with Crippen molar-refractivity contribution in [2.24, 2.45) is 0 Å². The first-order valence-electron chi connectivity index (χ1n) is 5.67. The SMILES string of the molecule is CCCC(C)Nc1ccc([N+](=O)[O-])c(OC)c1. The van der Waals surface area contributed by atoms with Gasteiger partial charge < -0.3 is 10.1 Å². The zero-order chi connectivity index (χ0) is 12.8. The summed E-state index contributed by atoms with van der Waals surface area (Å²) in [6, 6.07) is 5.16. The first kappa shape index (κ1) is 13.3. The first-order chi connectivity index (χ1) is 8.08. The highest BCUT2D eigenvalue weighted by atomic mass is 16.6. The lowest BCUT2D eigenvalue weighted by Crippen LogP contribution is -2.14. The maximum Gasteiger partial charge on any atom is 0.311 e. The summed E-state index contributed by atoms with van der Waals surface area (Å²) in [5, 5.41) is 14.0. The molecule has 1 unspecified atom stereocenters. The van der Waals surface area contributed by atoms with Crippen LogP contribution in [0.3, 0.4) is 0 Å². The molecule has 0 aliphatic heterocycles. The molecule has 0 saturated heterocycles. The van der Waals surface area contributed by atoms with E-state index in [1.165, 1.54) is 13.2 Å². The van der Waals surface area contributed by atoms with Crippen molar-refractivity contribution in [1.82, 2.24) is 0 Å². The van der Waals surface area contributed by atoms with E-state index < -0.39 is 4.92 Å². The van der Waals surface area contributed by atoms with Crippen LogP contribution in [0.5, 0.6) is 5.75 Å². The summed E-state index contributed by atoms with van der Waals surface area (Å²) in [5.74, 6) is 0.281. The number of anilines is 1. The van der Waals surface area contributed by atoms with Gasteiger partial charge in [-0.25, -0.2) is 0 Å². The predicted octanol–water partition coefficient (Wildman–Crippen LogP) is 3.20. The van der Waals surface area contributed by atoms with Crippen LogP contribution in [0.4, 0.5) is 11.4 Å². The Morgan fingerprint density at radius 2 is 2.24 bits per heavy atom. The van der Waals surface area contributed by atoms with Crippen molar-refractivity contribution < 1.29 is 9.66 Å². The maximum atomic E-state index is 10.7. The monoisotopic (exact) mass is 238 g/mol. The van der Waals surface area contributed by atoms with Gasteiger partial charge in [-0.1, -0.05) is 13.3 Å². The van der Waals surface area contributed by atoms with Crippen LogP contribution in [-0.2, 0) is 0 Å². The highest BCUT2D eigenvalue weighted by Gasteiger charge is 2.15. The molecule has 17 heavy (non-hydrogen) atoms. The highest BCUT2D eigenvalue weighted by molar-refractivity contribution is 5.58. The second-order valence-electron chi connectivity index (χ2n) is 3.98. The third-order valence-corrected chi connectivity index (χ3v) is 2.51. The van der Waals surface area contributed by atoms with Gasteiger partial charge in [-0.3, -0.25) is 10.1 Å².